The molecule has 0 saturated heterocycles. The van der Waals surface area contributed by atoms with Crippen molar-refractivity contribution in [3.05, 3.63) is 66.5 Å². The molecule has 1 fully saturated rings. The Morgan fingerprint density at radius 2 is 1.67 bits per heavy atom. The number of hydrogen-bond donors (Lipinski definition) is 1. The fourth-order valence-corrected chi connectivity index (χ4v) is 3.58. The molecular weight excluding hydrogens is 380 g/mol. The summed E-state index contributed by atoms with van der Waals surface area (Å²) in [5.41, 5.74) is 1.59. The lowest BCUT2D eigenvalue weighted by atomic mass is 10.2. The minimum atomic E-state index is -0.915. The Kier molecular flexibility index (Phi) is 5.88. The van der Waals surface area contributed by atoms with Crippen LogP contribution in [0.4, 0.5) is 0 Å². The number of carbonyl (C=O) groups excluding carboxylic acids is 2. The van der Waals surface area contributed by atoms with Crippen LogP contribution in [-0.2, 0) is 9.53 Å². The van der Waals surface area contributed by atoms with Gasteiger partial charge in [0.2, 0.25) is 0 Å². The Hall–Kier alpha value is -3.48. The first-order chi connectivity index (χ1) is 14.6. The number of rotatable bonds is 6. The third-order valence-electron chi connectivity index (χ3n) is 5.18. The Morgan fingerprint density at radius 1 is 1.03 bits per heavy atom. The molecule has 0 unspecified atom stereocenters. The first kappa shape index (κ1) is 19.8. The fourth-order valence-electron chi connectivity index (χ4n) is 3.58. The lowest BCUT2D eigenvalue weighted by molar-refractivity contribution is -0.129. The van der Waals surface area contributed by atoms with Crippen LogP contribution in [0.15, 0.2) is 60.7 Å². The SMILES string of the molecule is C[C@@H](OC(=O)c1nc(-c2ccccc2)n(-c2ccccc2)n1)C(=O)NC1CCCC1. The van der Waals surface area contributed by atoms with Crippen LogP contribution >= 0.6 is 0 Å². The number of hydrogen-bond acceptors (Lipinski definition) is 5. The lowest BCUT2D eigenvalue weighted by Gasteiger charge is -2.16. The van der Waals surface area contributed by atoms with E-state index in [1.807, 2.05) is 60.7 Å². The molecule has 154 valence electrons. The molecule has 1 amide bonds. The first-order valence-corrected chi connectivity index (χ1v) is 10.2. The second kappa shape index (κ2) is 8.90. The smallest absolute Gasteiger partial charge is 0.379 e. The average molecular weight is 404 g/mol. The van der Waals surface area contributed by atoms with Gasteiger partial charge in [-0.2, -0.15) is 0 Å². The van der Waals surface area contributed by atoms with Crippen LogP contribution in [0.1, 0.15) is 43.2 Å². The fraction of sp³-hybridized carbons (Fsp3) is 0.304. The standard InChI is InChI=1S/C23H24N4O3/c1-16(22(28)24-18-12-8-9-13-18)30-23(29)20-25-21(17-10-4-2-5-11-17)27(26-20)19-14-6-3-7-15-19/h2-7,10-11,14-16,18H,8-9,12-13H2,1H3,(H,24,28)/t16-/m1/s1. The Labute approximate surface area is 175 Å². The van der Waals surface area contributed by atoms with Crippen LogP contribution in [0.3, 0.4) is 0 Å². The van der Waals surface area contributed by atoms with Gasteiger partial charge in [0.25, 0.3) is 11.7 Å². The third kappa shape index (κ3) is 4.40. The van der Waals surface area contributed by atoms with Crippen molar-refractivity contribution in [3.63, 3.8) is 0 Å². The Bertz CT molecular complexity index is 954. The summed E-state index contributed by atoms with van der Waals surface area (Å²) in [5, 5.41) is 7.31. The van der Waals surface area contributed by atoms with Gasteiger partial charge in [-0.1, -0.05) is 61.4 Å². The normalized spacial score (nSPS) is 15.0. The monoisotopic (exact) mass is 404 g/mol. The average Bonchev–Trinajstić information content (AvgIpc) is 3.45. The van der Waals surface area contributed by atoms with Gasteiger partial charge in [0, 0.05) is 11.6 Å². The summed E-state index contributed by atoms with van der Waals surface area (Å²) >= 11 is 0. The summed E-state index contributed by atoms with van der Waals surface area (Å²) in [6.45, 7) is 1.56. The van der Waals surface area contributed by atoms with E-state index in [0.29, 0.717) is 5.82 Å². The molecule has 1 atom stereocenters. The van der Waals surface area contributed by atoms with Crippen molar-refractivity contribution >= 4 is 11.9 Å². The highest BCUT2D eigenvalue weighted by atomic mass is 16.5. The number of benzene rings is 2. The van der Waals surface area contributed by atoms with E-state index in [1.165, 1.54) is 0 Å². The van der Waals surface area contributed by atoms with Gasteiger partial charge in [0.1, 0.15) is 0 Å². The molecule has 1 saturated carbocycles. The van der Waals surface area contributed by atoms with E-state index in [-0.39, 0.29) is 17.8 Å². The van der Waals surface area contributed by atoms with Gasteiger partial charge in [-0.3, -0.25) is 4.79 Å². The van der Waals surface area contributed by atoms with Crippen LogP contribution in [0.25, 0.3) is 17.1 Å². The first-order valence-electron chi connectivity index (χ1n) is 10.2. The summed E-state index contributed by atoms with van der Waals surface area (Å²) in [6.07, 6.45) is 3.25. The van der Waals surface area contributed by atoms with Crippen molar-refractivity contribution in [2.75, 3.05) is 0 Å². The Morgan fingerprint density at radius 3 is 2.33 bits per heavy atom. The molecule has 7 nitrogen and oxygen atoms in total. The number of para-hydroxylation sites is 1. The zero-order valence-electron chi connectivity index (χ0n) is 16.8. The predicted molar refractivity (Wildman–Crippen MR) is 112 cm³/mol. The second-order valence-corrected chi connectivity index (χ2v) is 7.41. The number of ether oxygens (including phenoxy) is 1. The van der Waals surface area contributed by atoms with Gasteiger partial charge in [0.05, 0.1) is 5.69 Å². The quantitative estimate of drug-likeness (QED) is 0.635. The van der Waals surface area contributed by atoms with Crippen LogP contribution in [0.2, 0.25) is 0 Å². The van der Waals surface area contributed by atoms with Gasteiger partial charge >= 0.3 is 5.97 Å². The van der Waals surface area contributed by atoms with Crippen LogP contribution in [0.5, 0.6) is 0 Å². The largest absolute Gasteiger partial charge is 0.447 e. The van der Waals surface area contributed by atoms with E-state index in [1.54, 1.807) is 11.6 Å². The van der Waals surface area contributed by atoms with Gasteiger partial charge in [0.15, 0.2) is 11.9 Å². The maximum atomic E-state index is 12.7. The number of aromatic nitrogens is 3. The highest BCUT2D eigenvalue weighted by Gasteiger charge is 2.26. The number of nitrogens with zero attached hydrogens (tertiary/aromatic N) is 3. The summed E-state index contributed by atoms with van der Waals surface area (Å²) < 4.78 is 6.97. The molecule has 0 aliphatic heterocycles. The van der Waals surface area contributed by atoms with E-state index < -0.39 is 12.1 Å². The van der Waals surface area contributed by atoms with Crippen molar-refractivity contribution in [1.29, 1.82) is 0 Å². The molecule has 3 aromatic rings. The maximum Gasteiger partial charge on any atom is 0.379 e. The summed E-state index contributed by atoms with van der Waals surface area (Å²) in [6, 6.07) is 19.1. The van der Waals surface area contributed by atoms with Gasteiger partial charge < -0.3 is 10.1 Å². The van der Waals surface area contributed by atoms with Gasteiger partial charge in [-0.25, -0.2) is 14.5 Å². The molecule has 4 rings (SSSR count). The zero-order valence-corrected chi connectivity index (χ0v) is 16.8. The van der Waals surface area contributed by atoms with Crippen LogP contribution < -0.4 is 5.32 Å². The second-order valence-electron chi connectivity index (χ2n) is 7.41. The molecule has 30 heavy (non-hydrogen) atoms. The van der Waals surface area contributed by atoms with Crippen molar-refractivity contribution < 1.29 is 14.3 Å². The van der Waals surface area contributed by atoms with Crippen molar-refractivity contribution in [3.8, 4) is 17.1 Å². The molecule has 2 aromatic carbocycles. The van der Waals surface area contributed by atoms with E-state index in [9.17, 15) is 9.59 Å². The molecular formula is C23H24N4O3. The minimum Gasteiger partial charge on any atom is -0.447 e. The maximum absolute atomic E-state index is 12.7. The molecule has 0 spiro atoms. The number of nitrogens with one attached hydrogen (secondary N) is 1. The topological polar surface area (TPSA) is 86.1 Å². The third-order valence-corrected chi connectivity index (χ3v) is 5.18. The number of carbonyl (C=O) groups is 2. The molecule has 1 aliphatic rings. The van der Waals surface area contributed by atoms with Crippen LogP contribution in [-0.4, -0.2) is 38.8 Å². The van der Waals surface area contributed by atoms with E-state index >= 15 is 0 Å². The predicted octanol–water partition coefficient (Wildman–Crippen LogP) is 3.54. The van der Waals surface area contributed by atoms with Gasteiger partial charge in [-0.15, -0.1) is 5.10 Å². The highest BCUT2D eigenvalue weighted by Crippen LogP contribution is 2.21. The van der Waals surface area contributed by atoms with E-state index in [2.05, 4.69) is 15.4 Å². The number of esters is 1. The van der Waals surface area contributed by atoms with E-state index in [4.69, 9.17) is 4.74 Å². The molecule has 7 heteroatoms. The molecule has 1 heterocycles. The van der Waals surface area contributed by atoms with Gasteiger partial charge in [-0.05, 0) is 31.9 Å². The molecule has 0 radical (unpaired) electrons. The molecule has 1 aliphatic carbocycles. The summed E-state index contributed by atoms with van der Waals surface area (Å²) in [7, 11) is 0. The van der Waals surface area contributed by atoms with Crippen LogP contribution in [0, 0.1) is 0 Å². The lowest BCUT2D eigenvalue weighted by Crippen LogP contribution is -2.41. The van der Waals surface area contributed by atoms with Crippen molar-refractivity contribution in [2.24, 2.45) is 0 Å². The Balaban J connectivity index is 1.55. The highest BCUT2D eigenvalue weighted by molar-refractivity contribution is 5.89. The molecule has 0 bridgehead atoms. The number of amides is 1. The van der Waals surface area contributed by atoms with Crippen molar-refractivity contribution in [2.45, 2.75) is 44.8 Å². The molecule has 1 aromatic heterocycles. The summed E-state index contributed by atoms with van der Waals surface area (Å²) in [5.74, 6) is -0.577. The van der Waals surface area contributed by atoms with E-state index in [0.717, 1.165) is 36.9 Å². The summed E-state index contributed by atoms with van der Waals surface area (Å²) in [4.78, 5) is 29.4. The van der Waals surface area contributed by atoms with Crippen molar-refractivity contribution in [1.82, 2.24) is 20.1 Å². The minimum absolute atomic E-state index is 0.0850. The molecule has 1 N–H and O–H groups in total. The zero-order chi connectivity index (χ0) is 20.9.